The molecule has 0 fully saturated rings. The van der Waals surface area contributed by atoms with Gasteiger partial charge in [-0.2, -0.15) is 0 Å². The van der Waals surface area contributed by atoms with E-state index in [0.29, 0.717) is 6.54 Å². The lowest BCUT2D eigenvalue weighted by Gasteiger charge is -2.08. The van der Waals surface area contributed by atoms with E-state index < -0.39 is 0 Å². The predicted octanol–water partition coefficient (Wildman–Crippen LogP) is 2.81. The molecule has 0 atom stereocenters. The first-order valence-corrected chi connectivity index (χ1v) is 6.09. The van der Waals surface area contributed by atoms with Crippen LogP contribution in [0.1, 0.15) is 5.56 Å². The van der Waals surface area contributed by atoms with Crippen LogP contribution in [0.4, 0.5) is 0 Å². The minimum absolute atomic E-state index is 0. The topological polar surface area (TPSA) is 47.0 Å². The van der Waals surface area contributed by atoms with Crippen LogP contribution < -0.4 is 10.4 Å². The number of methoxy groups -OCH3 is 1. The van der Waals surface area contributed by atoms with Gasteiger partial charge in [0.15, 0.2) is 0 Å². The predicted molar refractivity (Wildman–Crippen MR) is 81.9 cm³/mol. The SMILES string of the molecule is COc1ccccc1Cn1c(=O)[nH]c2ccccc21.Cl. The quantitative estimate of drug-likeness (QED) is 0.806. The summed E-state index contributed by atoms with van der Waals surface area (Å²) in [6, 6.07) is 15.4. The highest BCUT2D eigenvalue weighted by atomic mass is 35.5. The number of nitrogens with zero attached hydrogens (tertiary/aromatic N) is 1. The second-order valence-electron chi connectivity index (χ2n) is 4.35. The number of rotatable bonds is 3. The minimum Gasteiger partial charge on any atom is -0.496 e. The fourth-order valence-corrected chi connectivity index (χ4v) is 2.27. The molecule has 0 aliphatic heterocycles. The Labute approximate surface area is 122 Å². The molecule has 0 unspecified atom stereocenters. The Morgan fingerprint density at radius 3 is 2.60 bits per heavy atom. The van der Waals surface area contributed by atoms with Crippen molar-refractivity contribution in [2.75, 3.05) is 7.11 Å². The molecule has 0 saturated heterocycles. The number of aromatic amines is 1. The molecule has 2 aromatic carbocycles. The molecule has 1 heterocycles. The smallest absolute Gasteiger partial charge is 0.326 e. The number of para-hydroxylation sites is 3. The second kappa shape index (κ2) is 5.84. The summed E-state index contributed by atoms with van der Waals surface area (Å²) in [5.41, 5.74) is 2.63. The number of aromatic nitrogens is 2. The number of benzene rings is 2. The Hall–Kier alpha value is -2.20. The van der Waals surface area contributed by atoms with E-state index in [0.717, 1.165) is 22.3 Å². The molecule has 3 rings (SSSR count). The molecule has 0 amide bonds. The first-order chi connectivity index (χ1) is 9.29. The van der Waals surface area contributed by atoms with Crippen molar-refractivity contribution in [1.29, 1.82) is 0 Å². The van der Waals surface area contributed by atoms with E-state index in [-0.39, 0.29) is 18.1 Å². The van der Waals surface area contributed by atoms with Gasteiger partial charge in [0.25, 0.3) is 0 Å². The second-order valence-corrected chi connectivity index (χ2v) is 4.35. The Bertz CT molecular complexity index is 777. The van der Waals surface area contributed by atoms with E-state index in [1.165, 1.54) is 0 Å². The third kappa shape index (κ3) is 2.42. The largest absolute Gasteiger partial charge is 0.496 e. The lowest BCUT2D eigenvalue weighted by atomic mass is 10.2. The van der Waals surface area contributed by atoms with Gasteiger partial charge in [0.05, 0.1) is 24.7 Å². The van der Waals surface area contributed by atoms with E-state index in [1.807, 2.05) is 48.5 Å². The number of fused-ring (bicyclic) bond motifs is 1. The summed E-state index contributed by atoms with van der Waals surface area (Å²) in [6.45, 7) is 0.493. The van der Waals surface area contributed by atoms with Crippen molar-refractivity contribution in [3.63, 3.8) is 0 Å². The number of imidazole rings is 1. The molecule has 0 saturated carbocycles. The number of halogens is 1. The van der Waals surface area contributed by atoms with Crippen molar-refractivity contribution in [3.05, 3.63) is 64.6 Å². The molecule has 3 aromatic rings. The molecule has 5 heteroatoms. The van der Waals surface area contributed by atoms with E-state index >= 15 is 0 Å². The lowest BCUT2D eigenvalue weighted by Crippen LogP contribution is -2.17. The van der Waals surface area contributed by atoms with Crippen molar-refractivity contribution >= 4 is 23.4 Å². The van der Waals surface area contributed by atoms with Gasteiger partial charge in [-0.1, -0.05) is 30.3 Å². The zero-order valence-corrected chi connectivity index (χ0v) is 11.8. The maximum Gasteiger partial charge on any atom is 0.326 e. The highest BCUT2D eigenvalue weighted by Crippen LogP contribution is 2.19. The van der Waals surface area contributed by atoms with Crippen LogP contribution >= 0.6 is 12.4 Å². The first-order valence-electron chi connectivity index (χ1n) is 6.09. The molecule has 1 aromatic heterocycles. The zero-order chi connectivity index (χ0) is 13.2. The monoisotopic (exact) mass is 290 g/mol. The van der Waals surface area contributed by atoms with E-state index in [9.17, 15) is 4.79 Å². The van der Waals surface area contributed by atoms with Gasteiger partial charge >= 0.3 is 5.69 Å². The van der Waals surface area contributed by atoms with Crippen LogP contribution in [0.3, 0.4) is 0 Å². The van der Waals surface area contributed by atoms with Gasteiger partial charge in [-0.15, -0.1) is 12.4 Å². The molecule has 0 spiro atoms. The van der Waals surface area contributed by atoms with Crippen molar-refractivity contribution in [2.45, 2.75) is 6.54 Å². The van der Waals surface area contributed by atoms with Gasteiger partial charge in [-0.25, -0.2) is 4.79 Å². The van der Waals surface area contributed by atoms with Crippen LogP contribution in [0.5, 0.6) is 5.75 Å². The van der Waals surface area contributed by atoms with Crippen LogP contribution in [0, 0.1) is 0 Å². The lowest BCUT2D eigenvalue weighted by molar-refractivity contribution is 0.408. The Morgan fingerprint density at radius 2 is 1.80 bits per heavy atom. The van der Waals surface area contributed by atoms with Gasteiger partial charge in [0.1, 0.15) is 5.75 Å². The Balaban J connectivity index is 0.00000147. The molecule has 104 valence electrons. The van der Waals surface area contributed by atoms with Gasteiger partial charge in [0, 0.05) is 5.56 Å². The van der Waals surface area contributed by atoms with Crippen molar-refractivity contribution < 1.29 is 4.74 Å². The van der Waals surface area contributed by atoms with E-state index in [4.69, 9.17) is 4.74 Å². The van der Waals surface area contributed by atoms with E-state index in [1.54, 1.807) is 11.7 Å². The summed E-state index contributed by atoms with van der Waals surface area (Å²) in [5.74, 6) is 0.791. The zero-order valence-electron chi connectivity index (χ0n) is 11.0. The minimum atomic E-state index is -0.105. The maximum atomic E-state index is 12.0. The van der Waals surface area contributed by atoms with Gasteiger partial charge in [-0.05, 0) is 18.2 Å². The fourth-order valence-electron chi connectivity index (χ4n) is 2.27. The molecule has 0 aliphatic carbocycles. The maximum absolute atomic E-state index is 12.0. The fraction of sp³-hybridized carbons (Fsp3) is 0.133. The molecular weight excluding hydrogens is 276 g/mol. The standard InChI is InChI=1S/C15H14N2O2.ClH/c1-19-14-9-5-2-6-11(14)10-17-13-8-4-3-7-12(13)16-15(17)18;/h2-9H,10H2,1H3,(H,16,18);1H. The van der Waals surface area contributed by atoms with Gasteiger partial charge < -0.3 is 9.72 Å². The molecule has 4 nitrogen and oxygen atoms in total. The highest BCUT2D eigenvalue weighted by Gasteiger charge is 2.09. The molecule has 1 N–H and O–H groups in total. The Morgan fingerprint density at radius 1 is 1.10 bits per heavy atom. The number of ether oxygens (including phenoxy) is 1. The average Bonchev–Trinajstić information content (AvgIpc) is 2.76. The molecule has 0 aliphatic rings. The van der Waals surface area contributed by atoms with Gasteiger partial charge in [-0.3, -0.25) is 4.57 Å². The molecular formula is C15H15ClN2O2. The van der Waals surface area contributed by atoms with Crippen molar-refractivity contribution in [2.24, 2.45) is 0 Å². The summed E-state index contributed by atoms with van der Waals surface area (Å²) in [4.78, 5) is 14.9. The summed E-state index contributed by atoms with van der Waals surface area (Å²) in [7, 11) is 1.64. The van der Waals surface area contributed by atoms with Crippen LogP contribution in [0.2, 0.25) is 0 Å². The number of hydrogen-bond donors (Lipinski definition) is 1. The summed E-state index contributed by atoms with van der Waals surface area (Å²) < 4.78 is 7.04. The summed E-state index contributed by atoms with van der Waals surface area (Å²) in [6.07, 6.45) is 0. The number of H-pyrrole nitrogens is 1. The van der Waals surface area contributed by atoms with Crippen LogP contribution in [-0.2, 0) is 6.54 Å². The number of hydrogen-bond acceptors (Lipinski definition) is 2. The number of nitrogens with one attached hydrogen (secondary N) is 1. The summed E-state index contributed by atoms with van der Waals surface area (Å²) >= 11 is 0. The molecule has 0 bridgehead atoms. The summed E-state index contributed by atoms with van der Waals surface area (Å²) in [5, 5.41) is 0. The molecule has 20 heavy (non-hydrogen) atoms. The Kier molecular flexibility index (Phi) is 4.15. The van der Waals surface area contributed by atoms with Gasteiger partial charge in [0.2, 0.25) is 0 Å². The first kappa shape index (κ1) is 14.2. The van der Waals surface area contributed by atoms with Crippen LogP contribution in [0.25, 0.3) is 11.0 Å². The van der Waals surface area contributed by atoms with Crippen molar-refractivity contribution in [3.8, 4) is 5.75 Å². The van der Waals surface area contributed by atoms with Crippen molar-refractivity contribution in [1.82, 2.24) is 9.55 Å². The average molecular weight is 291 g/mol. The molecule has 0 radical (unpaired) electrons. The normalized spacial score (nSPS) is 10.2. The van der Waals surface area contributed by atoms with E-state index in [2.05, 4.69) is 4.98 Å². The third-order valence-corrected chi connectivity index (χ3v) is 3.20. The highest BCUT2D eigenvalue weighted by molar-refractivity contribution is 5.85. The van der Waals surface area contributed by atoms with Crippen LogP contribution in [-0.4, -0.2) is 16.7 Å². The third-order valence-electron chi connectivity index (χ3n) is 3.20. The van der Waals surface area contributed by atoms with Crippen LogP contribution in [0.15, 0.2) is 53.3 Å².